The summed E-state index contributed by atoms with van der Waals surface area (Å²) >= 11 is 12.5. The molecule has 0 spiro atoms. The average molecular weight is 447 g/mol. The zero-order valence-electron chi connectivity index (χ0n) is 11.4. The van der Waals surface area contributed by atoms with Crippen molar-refractivity contribution in [1.29, 1.82) is 0 Å². The number of hydrogen-bond donors (Lipinski definition) is 2. The third kappa shape index (κ3) is 4.09. The van der Waals surface area contributed by atoms with Gasteiger partial charge in [0.1, 0.15) is 5.75 Å². The van der Waals surface area contributed by atoms with Crippen molar-refractivity contribution in [3.05, 3.63) is 61.0 Å². The second-order valence-electron chi connectivity index (χ2n) is 4.51. The standard InChI is InChI=1S/C15H11Br2ClN2O2/c1-8-2-3-13(18)11(4-8)15(22)20-19-7-9-5-10(16)6-12(17)14(9)21/h2-7,21H,1H3,(H,20,22)/b19-7+. The Bertz CT molecular complexity index is 763. The van der Waals surface area contributed by atoms with Crippen LogP contribution in [0.4, 0.5) is 0 Å². The van der Waals surface area contributed by atoms with Crippen molar-refractivity contribution >= 4 is 55.6 Å². The molecule has 22 heavy (non-hydrogen) atoms. The summed E-state index contributed by atoms with van der Waals surface area (Å²) < 4.78 is 1.29. The molecule has 0 aromatic heterocycles. The molecule has 2 N–H and O–H groups in total. The predicted molar refractivity (Wildman–Crippen MR) is 94.8 cm³/mol. The van der Waals surface area contributed by atoms with Crippen LogP contribution in [-0.4, -0.2) is 17.2 Å². The van der Waals surface area contributed by atoms with Crippen LogP contribution in [0.2, 0.25) is 5.02 Å². The van der Waals surface area contributed by atoms with Crippen molar-refractivity contribution < 1.29 is 9.90 Å². The molecule has 114 valence electrons. The monoisotopic (exact) mass is 444 g/mol. The average Bonchev–Trinajstić information content (AvgIpc) is 2.46. The topological polar surface area (TPSA) is 61.7 Å². The first-order chi connectivity index (χ1) is 10.4. The van der Waals surface area contributed by atoms with Crippen LogP contribution in [0.25, 0.3) is 0 Å². The Morgan fingerprint density at radius 2 is 2.05 bits per heavy atom. The van der Waals surface area contributed by atoms with Crippen LogP contribution in [0.1, 0.15) is 21.5 Å². The van der Waals surface area contributed by atoms with Crippen LogP contribution in [0.15, 0.2) is 44.4 Å². The van der Waals surface area contributed by atoms with Crippen molar-refractivity contribution in [2.45, 2.75) is 6.92 Å². The molecule has 0 atom stereocenters. The first-order valence-corrected chi connectivity index (χ1v) is 8.12. The van der Waals surface area contributed by atoms with Gasteiger partial charge in [0.15, 0.2) is 0 Å². The smallest absolute Gasteiger partial charge is 0.272 e. The number of carbonyl (C=O) groups excluding carboxylic acids is 1. The zero-order valence-corrected chi connectivity index (χ0v) is 15.3. The predicted octanol–water partition coefficient (Wildman–Crippen LogP) is 4.64. The van der Waals surface area contributed by atoms with E-state index in [2.05, 4.69) is 42.4 Å². The molecule has 0 aliphatic rings. The van der Waals surface area contributed by atoms with E-state index >= 15 is 0 Å². The number of rotatable bonds is 3. The van der Waals surface area contributed by atoms with Gasteiger partial charge in [-0.25, -0.2) is 5.43 Å². The lowest BCUT2D eigenvalue weighted by Crippen LogP contribution is -2.18. The highest BCUT2D eigenvalue weighted by Crippen LogP contribution is 2.30. The first kappa shape index (κ1) is 17.0. The van der Waals surface area contributed by atoms with E-state index < -0.39 is 5.91 Å². The minimum absolute atomic E-state index is 0.0368. The van der Waals surface area contributed by atoms with Crippen molar-refractivity contribution in [3.63, 3.8) is 0 Å². The van der Waals surface area contributed by atoms with Crippen molar-refractivity contribution in [2.24, 2.45) is 5.10 Å². The number of phenols is 1. The highest BCUT2D eigenvalue weighted by Gasteiger charge is 2.10. The second-order valence-corrected chi connectivity index (χ2v) is 6.69. The van der Waals surface area contributed by atoms with Crippen molar-refractivity contribution in [2.75, 3.05) is 0 Å². The number of aromatic hydroxyl groups is 1. The lowest BCUT2D eigenvalue weighted by Gasteiger charge is -2.05. The molecule has 0 aliphatic heterocycles. The summed E-state index contributed by atoms with van der Waals surface area (Å²) in [6.07, 6.45) is 1.35. The number of aryl methyl sites for hydroxylation is 1. The maximum Gasteiger partial charge on any atom is 0.272 e. The molecule has 0 bridgehead atoms. The minimum atomic E-state index is -0.418. The largest absolute Gasteiger partial charge is 0.506 e. The van der Waals surface area contributed by atoms with E-state index in [9.17, 15) is 9.90 Å². The van der Waals surface area contributed by atoms with E-state index in [4.69, 9.17) is 11.6 Å². The molecule has 7 heteroatoms. The number of hydrazone groups is 1. The highest BCUT2D eigenvalue weighted by atomic mass is 79.9. The van der Waals surface area contributed by atoms with Crippen molar-refractivity contribution in [3.8, 4) is 5.75 Å². The zero-order chi connectivity index (χ0) is 16.3. The Balaban J connectivity index is 2.16. The van der Waals surface area contributed by atoms with E-state index in [1.54, 1.807) is 24.3 Å². The normalized spacial score (nSPS) is 10.9. The maximum absolute atomic E-state index is 12.0. The lowest BCUT2D eigenvalue weighted by molar-refractivity contribution is 0.0955. The Hall–Kier alpha value is -1.37. The van der Waals surface area contributed by atoms with Crippen LogP contribution >= 0.6 is 43.5 Å². The van der Waals surface area contributed by atoms with Gasteiger partial charge in [0.25, 0.3) is 5.91 Å². The summed E-state index contributed by atoms with van der Waals surface area (Å²) in [4.78, 5) is 12.0. The fourth-order valence-corrected chi connectivity index (χ4v) is 3.18. The van der Waals surface area contributed by atoms with Gasteiger partial charge in [0, 0.05) is 10.0 Å². The van der Waals surface area contributed by atoms with Gasteiger partial charge in [-0.05, 0) is 47.1 Å². The van der Waals surface area contributed by atoms with Crippen LogP contribution < -0.4 is 5.43 Å². The molecule has 0 unspecified atom stereocenters. The molecule has 2 aromatic rings. The Kier molecular flexibility index (Phi) is 5.61. The van der Waals surface area contributed by atoms with Crippen LogP contribution in [-0.2, 0) is 0 Å². The van der Waals surface area contributed by atoms with Crippen LogP contribution in [0.5, 0.6) is 5.75 Å². The van der Waals surface area contributed by atoms with Gasteiger partial charge in [-0.3, -0.25) is 4.79 Å². The molecular weight excluding hydrogens is 435 g/mol. The molecule has 0 radical (unpaired) electrons. The summed E-state index contributed by atoms with van der Waals surface area (Å²) in [6, 6.07) is 8.54. The molecule has 2 rings (SSSR count). The number of nitrogens with one attached hydrogen (secondary N) is 1. The van der Waals surface area contributed by atoms with Crippen LogP contribution in [0, 0.1) is 6.92 Å². The third-order valence-electron chi connectivity index (χ3n) is 2.79. The summed E-state index contributed by atoms with van der Waals surface area (Å²) in [5, 5.41) is 14.1. The second kappa shape index (κ2) is 7.26. The molecule has 2 aromatic carbocycles. The lowest BCUT2D eigenvalue weighted by atomic mass is 10.1. The molecule has 0 saturated carbocycles. The summed E-state index contributed by atoms with van der Waals surface area (Å²) in [7, 11) is 0. The summed E-state index contributed by atoms with van der Waals surface area (Å²) in [5.41, 5.74) is 4.11. The number of phenolic OH excluding ortho intramolecular Hbond substituents is 1. The van der Waals surface area contributed by atoms with Gasteiger partial charge in [0.05, 0.1) is 21.3 Å². The Morgan fingerprint density at radius 3 is 2.77 bits per heavy atom. The molecule has 0 heterocycles. The molecule has 1 amide bonds. The number of nitrogens with zero attached hydrogens (tertiary/aromatic N) is 1. The SMILES string of the molecule is Cc1ccc(Cl)c(C(=O)N/N=C/c2cc(Br)cc(Br)c2O)c1. The minimum Gasteiger partial charge on any atom is -0.506 e. The van der Waals surface area contributed by atoms with Gasteiger partial charge in [0.2, 0.25) is 0 Å². The third-order valence-corrected chi connectivity index (χ3v) is 4.19. The summed E-state index contributed by atoms with van der Waals surface area (Å²) in [5.74, 6) is -0.381. The van der Waals surface area contributed by atoms with Crippen LogP contribution in [0.3, 0.4) is 0 Å². The molecule has 0 aliphatic carbocycles. The van der Waals surface area contributed by atoms with Gasteiger partial charge in [-0.1, -0.05) is 39.2 Å². The maximum atomic E-state index is 12.0. The van der Waals surface area contributed by atoms with Gasteiger partial charge in [-0.2, -0.15) is 5.10 Å². The van der Waals surface area contributed by atoms with E-state index in [1.165, 1.54) is 6.21 Å². The number of carbonyl (C=O) groups is 1. The number of amides is 1. The van der Waals surface area contributed by atoms with Gasteiger partial charge >= 0.3 is 0 Å². The fourth-order valence-electron chi connectivity index (χ4n) is 1.72. The van der Waals surface area contributed by atoms with Crippen molar-refractivity contribution in [1.82, 2.24) is 5.43 Å². The molecular formula is C15H11Br2ClN2O2. The van der Waals surface area contributed by atoms with E-state index in [1.807, 2.05) is 13.0 Å². The fraction of sp³-hybridized carbons (Fsp3) is 0.0667. The molecule has 0 saturated heterocycles. The number of hydrogen-bond acceptors (Lipinski definition) is 3. The Labute approximate surface area is 149 Å². The first-order valence-electron chi connectivity index (χ1n) is 6.16. The quantitative estimate of drug-likeness (QED) is 0.533. The van der Waals surface area contributed by atoms with Gasteiger partial charge < -0.3 is 5.11 Å². The molecule has 0 fully saturated rings. The Morgan fingerprint density at radius 1 is 1.32 bits per heavy atom. The van der Waals surface area contributed by atoms with E-state index in [-0.39, 0.29) is 5.75 Å². The van der Waals surface area contributed by atoms with E-state index in [0.29, 0.717) is 20.6 Å². The summed E-state index contributed by atoms with van der Waals surface area (Å²) in [6.45, 7) is 1.87. The number of benzene rings is 2. The molecule has 4 nitrogen and oxygen atoms in total. The number of halogens is 3. The van der Waals surface area contributed by atoms with Gasteiger partial charge in [-0.15, -0.1) is 0 Å². The highest BCUT2D eigenvalue weighted by molar-refractivity contribution is 9.11. The van der Waals surface area contributed by atoms with E-state index in [0.717, 1.165) is 10.0 Å².